The van der Waals surface area contributed by atoms with Crippen molar-refractivity contribution in [2.24, 2.45) is 5.73 Å². The average molecular weight is 257 g/mol. The lowest BCUT2D eigenvalue weighted by atomic mass is 10.0. The summed E-state index contributed by atoms with van der Waals surface area (Å²) in [6.45, 7) is 0. The normalized spacial score (nSPS) is 10.8. The van der Waals surface area contributed by atoms with Crippen LogP contribution in [0.1, 0.15) is 17.2 Å². The number of nitrogens with two attached hydrogens (primary N) is 1. The maximum absolute atomic E-state index is 6.09. The number of aromatic nitrogens is 1. The van der Waals surface area contributed by atoms with Crippen molar-refractivity contribution in [2.45, 2.75) is 6.04 Å². The molecule has 4 heteroatoms. The molecule has 1 heterocycles. The maximum Gasteiger partial charge on any atom is 0.0552 e. The Morgan fingerprint density at radius 3 is 1.88 bits per heavy atom. The highest BCUT2D eigenvalue weighted by Crippen LogP contribution is 2.17. The van der Waals surface area contributed by atoms with Crippen LogP contribution >= 0.6 is 24.8 Å². The van der Waals surface area contributed by atoms with Crippen LogP contribution in [0.15, 0.2) is 54.9 Å². The van der Waals surface area contributed by atoms with E-state index in [2.05, 4.69) is 4.98 Å². The lowest BCUT2D eigenvalue weighted by Crippen LogP contribution is -2.11. The van der Waals surface area contributed by atoms with Gasteiger partial charge in [0.2, 0.25) is 0 Å². The van der Waals surface area contributed by atoms with E-state index in [0.717, 1.165) is 11.1 Å². The first kappa shape index (κ1) is 14.9. The van der Waals surface area contributed by atoms with Crippen LogP contribution in [-0.4, -0.2) is 4.98 Å². The first-order valence-electron chi connectivity index (χ1n) is 4.58. The average Bonchev–Trinajstić information content (AvgIpc) is 2.30. The van der Waals surface area contributed by atoms with E-state index in [1.54, 1.807) is 12.4 Å². The Hall–Kier alpha value is -1.09. The van der Waals surface area contributed by atoms with Crippen molar-refractivity contribution in [1.29, 1.82) is 0 Å². The first-order chi connectivity index (χ1) is 6.88. The summed E-state index contributed by atoms with van der Waals surface area (Å²) in [6, 6.07) is 13.9. The molecule has 0 aliphatic carbocycles. The second kappa shape index (κ2) is 7.23. The van der Waals surface area contributed by atoms with E-state index in [1.807, 2.05) is 42.5 Å². The quantitative estimate of drug-likeness (QED) is 0.898. The minimum Gasteiger partial charge on any atom is -0.320 e. The summed E-state index contributed by atoms with van der Waals surface area (Å²) in [4.78, 5) is 3.97. The Labute approximate surface area is 108 Å². The van der Waals surface area contributed by atoms with E-state index in [1.165, 1.54) is 0 Å². The van der Waals surface area contributed by atoms with Gasteiger partial charge in [-0.3, -0.25) is 4.98 Å². The molecule has 86 valence electrons. The molecule has 0 saturated heterocycles. The van der Waals surface area contributed by atoms with Gasteiger partial charge in [-0.15, -0.1) is 24.8 Å². The molecule has 1 aromatic carbocycles. The third-order valence-electron chi connectivity index (χ3n) is 2.22. The van der Waals surface area contributed by atoms with Gasteiger partial charge in [-0.05, 0) is 23.3 Å². The second-order valence-electron chi connectivity index (χ2n) is 3.17. The Kier molecular flexibility index (Phi) is 6.74. The van der Waals surface area contributed by atoms with Crippen molar-refractivity contribution in [2.75, 3.05) is 0 Å². The monoisotopic (exact) mass is 256 g/mol. The molecular weight excluding hydrogens is 243 g/mol. The van der Waals surface area contributed by atoms with Gasteiger partial charge in [0.05, 0.1) is 6.04 Å². The molecule has 0 aliphatic heterocycles. The zero-order valence-electron chi connectivity index (χ0n) is 8.61. The van der Waals surface area contributed by atoms with Gasteiger partial charge in [0.25, 0.3) is 0 Å². The summed E-state index contributed by atoms with van der Waals surface area (Å²) >= 11 is 0. The highest BCUT2D eigenvalue weighted by atomic mass is 35.5. The van der Waals surface area contributed by atoms with Crippen LogP contribution < -0.4 is 5.73 Å². The molecule has 0 saturated carbocycles. The fraction of sp³-hybridized carbons (Fsp3) is 0.0833. The highest BCUT2D eigenvalue weighted by Gasteiger charge is 2.06. The number of benzene rings is 1. The smallest absolute Gasteiger partial charge is 0.0552 e. The Balaban J connectivity index is 0.00000112. The molecule has 0 aliphatic rings. The fourth-order valence-electron chi connectivity index (χ4n) is 1.42. The van der Waals surface area contributed by atoms with Crippen molar-refractivity contribution < 1.29 is 0 Å². The van der Waals surface area contributed by atoms with Crippen molar-refractivity contribution in [1.82, 2.24) is 4.98 Å². The SMILES string of the molecule is Cl.Cl.N[C@H](c1ccccc1)c1ccncc1. The molecule has 0 radical (unpaired) electrons. The zero-order chi connectivity index (χ0) is 9.80. The highest BCUT2D eigenvalue weighted by molar-refractivity contribution is 5.85. The first-order valence-corrected chi connectivity index (χ1v) is 4.58. The van der Waals surface area contributed by atoms with Crippen molar-refractivity contribution in [3.63, 3.8) is 0 Å². The minimum absolute atomic E-state index is 0. The number of hydrogen-bond acceptors (Lipinski definition) is 2. The molecule has 0 amide bonds. The molecule has 16 heavy (non-hydrogen) atoms. The van der Waals surface area contributed by atoms with Gasteiger partial charge in [-0.1, -0.05) is 30.3 Å². The molecule has 0 unspecified atom stereocenters. The number of rotatable bonds is 2. The predicted molar refractivity (Wildman–Crippen MR) is 71.2 cm³/mol. The summed E-state index contributed by atoms with van der Waals surface area (Å²) in [7, 11) is 0. The van der Waals surface area contributed by atoms with Gasteiger partial charge in [-0.2, -0.15) is 0 Å². The van der Waals surface area contributed by atoms with Gasteiger partial charge >= 0.3 is 0 Å². The van der Waals surface area contributed by atoms with Gasteiger partial charge in [-0.25, -0.2) is 0 Å². The number of nitrogens with zero attached hydrogens (tertiary/aromatic N) is 1. The number of hydrogen-bond donors (Lipinski definition) is 1. The molecule has 2 aromatic rings. The third kappa shape index (κ3) is 3.49. The second-order valence-corrected chi connectivity index (χ2v) is 3.17. The molecule has 2 rings (SSSR count). The number of pyridine rings is 1. The summed E-state index contributed by atoms with van der Waals surface area (Å²) < 4.78 is 0. The van der Waals surface area contributed by atoms with Crippen molar-refractivity contribution >= 4 is 24.8 Å². The summed E-state index contributed by atoms with van der Waals surface area (Å²) in [5.74, 6) is 0. The Morgan fingerprint density at radius 1 is 0.812 bits per heavy atom. The zero-order valence-corrected chi connectivity index (χ0v) is 10.2. The molecule has 1 atom stereocenters. The number of halogens is 2. The van der Waals surface area contributed by atoms with Crippen LogP contribution in [0.5, 0.6) is 0 Å². The van der Waals surface area contributed by atoms with Crippen LogP contribution in [-0.2, 0) is 0 Å². The van der Waals surface area contributed by atoms with E-state index in [-0.39, 0.29) is 30.9 Å². The summed E-state index contributed by atoms with van der Waals surface area (Å²) in [6.07, 6.45) is 3.52. The lowest BCUT2D eigenvalue weighted by molar-refractivity contribution is 0.868. The standard InChI is InChI=1S/C12H12N2.2ClH/c13-12(10-4-2-1-3-5-10)11-6-8-14-9-7-11;;/h1-9,12H,13H2;2*1H/t12-;;/m1../s1. The predicted octanol–water partition coefficient (Wildman–Crippen LogP) is 2.97. The van der Waals surface area contributed by atoms with Crippen LogP contribution in [0.25, 0.3) is 0 Å². The largest absolute Gasteiger partial charge is 0.320 e. The fourth-order valence-corrected chi connectivity index (χ4v) is 1.42. The van der Waals surface area contributed by atoms with Gasteiger partial charge in [0, 0.05) is 12.4 Å². The van der Waals surface area contributed by atoms with Crippen molar-refractivity contribution in [3.05, 3.63) is 66.0 Å². The van der Waals surface area contributed by atoms with Gasteiger partial charge < -0.3 is 5.73 Å². The minimum atomic E-state index is -0.0563. The molecular formula is C12H14Cl2N2. The van der Waals surface area contributed by atoms with Crippen LogP contribution in [0, 0.1) is 0 Å². The van der Waals surface area contributed by atoms with Crippen LogP contribution in [0.4, 0.5) is 0 Å². The molecule has 1 aromatic heterocycles. The summed E-state index contributed by atoms with van der Waals surface area (Å²) in [5, 5.41) is 0. The van der Waals surface area contributed by atoms with E-state index in [4.69, 9.17) is 5.73 Å². The molecule has 0 fully saturated rings. The van der Waals surface area contributed by atoms with E-state index in [0.29, 0.717) is 0 Å². The van der Waals surface area contributed by atoms with Crippen LogP contribution in [0.2, 0.25) is 0 Å². The molecule has 0 spiro atoms. The van der Waals surface area contributed by atoms with E-state index >= 15 is 0 Å². The summed E-state index contributed by atoms with van der Waals surface area (Å²) in [5.41, 5.74) is 8.30. The lowest BCUT2D eigenvalue weighted by Gasteiger charge is -2.11. The molecule has 0 bridgehead atoms. The van der Waals surface area contributed by atoms with Gasteiger partial charge in [0.15, 0.2) is 0 Å². The van der Waals surface area contributed by atoms with E-state index < -0.39 is 0 Å². The van der Waals surface area contributed by atoms with E-state index in [9.17, 15) is 0 Å². The topological polar surface area (TPSA) is 38.9 Å². The molecule has 2 nitrogen and oxygen atoms in total. The molecule has 2 N–H and O–H groups in total. The Bertz CT molecular complexity index is 353. The van der Waals surface area contributed by atoms with Crippen molar-refractivity contribution in [3.8, 4) is 0 Å². The van der Waals surface area contributed by atoms with Crippen LogP contribution in [0.3, 0.4) is 0 Å². The maximum atomic E-state index is 6.09. The Morgan fingerprint density at radius 2 is 1.31 bits per heavy atom. The van der Waals surface area contributed by atoms with Gasteiger partial charge in [0.1, 0.15) is 0 Å². The third-order valence-corrected chi connectivity index (χ3v) is 2.22.